The molecule has 0 aromatic heterocycles. The van der Waals surface area contributed by atoms with E-state index in [9.17, 15) is 4.79 Å². The van der Waals surface area contributed by atoms with Crippen molar-refractivity contribution in [3.05, 3.63) is 0 Å². The van der Waals surface area contributed by atoms with Gasteiger partial charge in [-0.3, -0.25) is 4.79 Å². The Morgan fingerprint density at radius 3 is 2.41 bits per heavy atom. The van der Waals surface area contributed by atoms with Gasteiger partial charge in [-0.1, -0.05) is 13.3 Å². The van der Waals surface area contributed by atoms with E-state index in [-0.39, 0.29) is 5.92 Å². The molecule has 0 saturated heterocycles. The first-order valence-corrected chi connectivity index (χ1v) is 7.14. The molecule has 2 aliphatic carbocycles. The van der Waals surface area contributed by atoms with Gasteiger partial charge in [-0.25, -0.2) is 0 Å². The monoisotopic (exact) mass is 238 g/mol. The van der Waals surface area contributed by atoms with Gasteiger partial charge in [-0.15, -0.1) is 0 Å². The Morgan fingerprint density at radius 1 is 1.29 bits per heavy atom. The lowest BCUT2D eigenvalue weighted by Gasteiger charge is -2.44. The molecule has 2 N–H and O–H groups in total. The standard InChI is InChI=1S/C14H26N2O/c1-3-7-16(2)14(17)12-8-10-5-4-6-11(9-12)13(10)15/h10-13H,3-9,15H2,1-2H3. The van der Waals surface area contributed by atoms with Gasteiger partial charge >= 0.3 is 0 Å². The van der Waals surface area contributed by atoms with Crippen molar-refractivity contribution in [3.63, 3.8) is 0 Å². The molecule has 0 aromatic rings. The smallest absolute Gasteiger partial charge is 0.225 e. The maximum atomic E-state index is 12.3. The number of carbonyl (C=O) groups excluding carboxylic acids is 1. The normalized spacial score (nSPS) is 36.6. The van der Waals surface area contributed by atoms with Crippen LogP contribution in [0.15, 0.2) is 0 Å². The van der Waals surface area contributed by atoms with Crippen LogP contribution in [-0.4, -0.2) is 30.4 Å². The minimum Gasteiger partial charge on any atom is -0.346 e. The zero-order valence-corrected chi connectivity index (χ0v) is 11.2. The molecule has 3 heteroatoms. The summed E-state index contributed by atoms with van der Waals surface area (Å²) in [5.74, 6) is 1.82. The van der Waals surface area contributed by atoms with E-state index in [2.05, 4.69) is 6.92 Å². The summed E-state index contributed by atoms with van der Waals surface area (Å²) in [6.07, 6.45) is 6.89. The Kier molecular flexibility index (Phi) is 4.08. The first-order valence-electron chi connectivity index (χ1n) is 7.14. The van der Waals surface area contributed by atoms with Gasteiger partial charge in [0, 0.05) is 25.6 Å². The quantitative estimate of drug-likeness (QED) is 0.817. The van der Waals surface area contributed by atoms with Crippen LogP contribution >= 0.6 is 0 Å². The van der Waals surface area contributed by atoms with Gasteiger partial charge in [0.1, 0.15) is 0 Å². The molecule has 2 atom stereocenters. The van der Waals surface area contributed by atoms with E-state index in [4.69, 9.17) is 5.73 Å². The topological polar surface area (TPSA) is 46.3 Å². The number of carbonyl (C=O) groups is 1. The van der Waals surface area contributed by atoms with Crippen molar-refractivity contribution in [2.24, 2.45) is 23.5 Å². The van der Waals surface area contributed by atoms with Crippen molar-refractivity contribution in [1.82, 2.24) is 4.90 Å². The summed E-state index contributed by atoms with van der Waals surface area (Å²) >= 11 is 0. The van der Waals surface area contributed by atoms with Crippen LogP contribution in [0.4, 0.5) is 0 Å². The van der Waals surface area contributed by atoms with Crippen LogP contribution in [-0.2, 0) is 4.79 Å². The number of fused-ring (bicyclic) bond motifs is 2. The summed E-state index contributed by atoms with van der Waals surface area (Å²) in [4.78, 5) is 14.2. The molecular formula is C14H26N2O. The SMILES string of the molecule is CCCN(C)C(=O)C1CC2CCCC(C1)C2N. The summed E-state index contributed by atoms with van der Waals surface area (Å²) < 4.78 is 0. The Labute approximate surface area is 105 Å². The van der Waals surface area contributed by atoms with Crippen molar-refractivity contribution in [3.8, 4) is 0 Å². The molecule has 2 fully saturated rings. The van der Waals surface area contributed by atoms with Gasteiger partial charge in [0.15, 0.2) is 0 Å². The molecule has 0 aromatic carbocycles. The van der Waals surface area contributed by atoms with E-state index < -0.39 is 0 Å². The van der Waals surface area contributed by atoms with Crippen LogP contribution in [0.1, 0.15) is 45.4 Å². The second kappa shape index (κ2) is 5.38. The second-order valence-electron chi connectivity index (χ2n) is 5.96. The zero-order chi connectivity index (χ0) is 12.4. The van der Waals surface area contributed by atoms with Gasteiger partial charge in [-0.2, -0.15) is 0 Å². The molecule has 98 valence electrons. The van der Waals surface area contributed by atoms with Crippen LogP contribution in [0, 0.1) is 17.8 Å². The van der Waals surface area contributed by atoms with Crippen molar-refractivity contribution in [2.45, 2.75) is 51.5 Å². The minimum atomic E-state index is 0.252. The highest BCUT2D eigenvalue weighted by Crippen LogP contribution is 2.42. The predicted octanol–water partition coefficient (Wildman–Crippen LogP) is 2.01. The third-order valence-electron chi connectivity index (χ3n) is 4.70. The van der Waals surface area contributed by atoms with Crippen LogP contribution in [0.3, 0.4) is 0 Å². The van der Waals surface area contributed by atoms with Crippen LogP contribution in [0.25, 0.3) is 0 Å². The number of rotatable bonds is 3. The largest absolute Gasteiger partial charge is 0.346 e. The fraction of sp³-hybridized carbons (Fsp3) is 0.929. The molecule has 2 bridgehead atoms. The maximum Gasteiger partial charge on any atom is 0.225 e. The third-order valence-corrected chi connectivity index (χ3v) is 4.70. The van der Waals surface area contributed by atoms with Crippen molar-refractivity contribution in [1.29, 1.82) is 0 Å². The lowest BCUT2D eigenvalue weighted by Crippen LogP contribution is -2.49. The van der Waals surface area contributed by atoms with Gasteiger partial charge < -0.3 is 10.6 Å². The summed E-state index contributed by atoms with van der Waals surface area (Å²) in [6.45, 7) is 3.01. The highest BCUT2D eigenvalue weighted by atomic mass is 16.2. The number of nitrogens with two attached hydrogens (primary N) is 1. The van der Waals surface area contributed by atoms with Gasteiger partial charge in [0.2, 0.25) is 5.91 Å². The van der Waals surface area contributed by atoms with Crippen molar-refractivity contribution in [2.75, 3.05) is 13.6 Å². The van der Waals surface area contributed by atoms with E-state index in [1.54, 1.807) is 0 Å². The maximum absolute atomic E-state index is 12.3. The first-order chi connectivity index (χ1) is 8.13. The summed E-state index contributed by atoms with van der Waals surface area (Å²) in [6, 6.07) is 0.365. The van der Waals surface area contributed by atoms with Crippen molar-refractivity contribution >= 4 is 5.91 Å². The van der Waals surface area contributed by atoms with Gasteiger partial charge in [0.05, 0.1) is 0 Å². The molecule has 0 heterocycles. The molecule has 2 rings (SSSR count). The van der Waals surface area contributed by atoms with Gasteiger partial charge in [0.25, 0.3) is 0 Å². The fourth-order valence-electron chi connectivity index (χ4n) is 3.75. The number of hydrogen-bond donors (Lipinski definition) is 1. The van der Waals surface area contributed by atoms with E-state index in [1.165, 1.54) is 19.3 Å². The Hall–Kier alpha value is -0.570. The average Bonchev–Trinajstić information content (AvgIpc) is 2.28. The predicted molar refractivity (Wildman–Crippen MR) is 69.5 cm³/mol. The van der Waals surface area contributed by atoms with Crippen LogP contribution < -0.4 is 5.73 Å². The lowest BCUT2D eigenvalue weighted by atomic mass is 9.65. The van der Waals surface area contributed by atoms with Gasteiger partial charge in [-0.05, 0) is 43.9 Å². The van der Waals surface area contributed by atoms with E-state index in [1.807, 2.05) is 11.9 Å². The molecule has 0 aliphatic heterocycles. The highest BCUT2D eigenvalue weighted by Gasteiger charge is 2.41. The van der Waals surface area contributed by atoms with Crippen molar-refractivity contribution < 1.29 is 4.79 Å². The number of nitrogens with zero attached hydrogens (tertiary/aromatic N) is 1. The van der Waals surface area contributed by atoms with Crippen LogP contribution in [0.5, 0.6) is 0 Å². The Bertz CT molecular complexity index is 265. The second-order valence-corrected chi connectivity index (χ2v) is 5.96. The molecular weight excluding hydrogens is 212 g/mol. The average molecular weight is 238 g/mol. The summed E-state index contributed by atoms with van der Waals surface area (Å²) in [7, 11) is 1.94. The first kappa shape index (κ1) is 12.9. The number of amides is 1. The third kappa shape index (κ3) is 2.65. The van der Waals surface area contributed by atoms with E-state index in [0.29, 0.717) is 23.8 Å². The summed E-state index contributed by atoms with van der Waals surface area (Å²) in [5.41, 5.74) is 6.26. The van der Waals surface area contributed by atoms with E-state index >= 15 is 0 Å². The van der Waals surface area contributed by atoms with E-state index in [0.717, 1.165) is 25.8 Å². The highest BCUT2D eigenvalue weighted by molar-refractivity contribution is 5.78. The Morgan fingerprint density at radius 2 is 1.88 bits per heavy atom. The summed E-state index contributed by atoms with van der Waals surface area (Å²) in [5, 5.41) is 0. The van der Waals surface area contributed by atoms with Crippen LogP contribution in [0.2, 0.25) is 0 Å². The molecule has 2 unspecified atom stereocenters. The Balaban J connectivity index is 1.97. The molecule has 0 spiro atoms. The molecule has 3 nitrogen and oxygen atoms in total. The number of hydrogen-bond acceptors (Lipinski definition) is 2. The molecule has 0 radical (unpaired) electrons. The fourth-order valence-corrected chi connectivity index (χ4v) is 3.75. The molecule has 1 amide bonds. The molecule has 17 heavy (non-hydrogen) atoms. The zero-order valence-electron chi connectivity index (χ0n) is 11.2. The molecule has 2 saturated carbocycles. The minimum absolute atomic E-state index is 0.252. The molecule has 2 aliphatic rings. The lowest BCUT2D eigenvalue weighted by molar-refractivity contribution is -0.137.